The number of piperazine rings is 1. The molecule has 4 rings (SSSR count). The molecule has 8 nitrogen and oxygen atoms in total. The van der Waals surface area contributed by atoms with Gasteiger partial charge in [0, 0.05) is 37.1 Å². The summed E-state index contributed by atoms with van der Waals surface area (Å²) in [4.78, 5) is 43.0. The minimum Gasteiger partial charge on any atom is -0.465 e. The summed E-state index contributed by atoms with van der Waals surface area (Å²) in [5.41, 5.74) is 1.58. The van der Waals surface area contributed by atoms with E-state index >= 15 is 0 Å². The lowest BCUT2D eigenvalue weighted by Gasteiger charge is -2.37. The molecule has 9 heteroatoms. The van der Waals surface area contributed by atoms with Crippen LogP contribution in [0.1, 0.15) is 53.9 Å². The first-order valence-electron chi connectivity index (χ1n) is 11.6. The summed E-state index contributed by atoms with van der Waals surface area (Å²) in [6.45, 7) is 7.42. The van der Waals surface area contributed by atoms with Crippen molar-refractivity contribution in [2.75, 3.05) is 45.2 Å². The molecule has 0 unspecified atom stereocenters. The van der Waals surface area contributed by atoms with Gasteiger partial charge in [-0.1, -0.05) is 6.92 Å². The third kappa shape index (κ3) is 5.32. The largest absolute Gasteiger partial charge is 0.465 e. The van der Waals surface area contributed by atoms with Crippen molar-refractivity contribution in [3.63, 3.8) is 0 Å². The zero-order valence-corrected chi connectivity index (χ0v) is 20.1. The second-order valence-corrected chi connectivity index (χ2v) is 10.5. The van der Waals surface area contributed by atoms with E-state index in [4.69, 9.17) is 4.74 Å². The van der Waals surface area contributed by atoms with Crippen LogP contribution < -0.4 is 10.6 Å². The highest BCUT2D eigenvalue weighted by atomic mass is 32.1. The van der Waals surface area contributed by atoms with E-state index in [0.717, 1.165) is 63.8 Å². The van der Waals surface area contributed by atoms with Gasteiger partial charge in [-0.15, -0.1) is 11.3 Å². The number of hydrogen-bond acceptors (Lipinski definition) is 7. The summed E-state index contributed by atoms with van der Waals surface area (Å²) in [5, 5.41) is 6.67. The highest BCUT2D eigenvalue weighted by Gasteiger charge is 2.31. The number of carbonyl (C=O) groups is 3. The van der Waals surface area contributed by atoms with Gasteiger partial charge in [0.1, 0.15) is 5.00 Å². The highest BCUT2D eigenvalue weighted by Crippen LogP contribution is 2.40. The number of fused-ring (bicyclic) bond motifs is 1. The Kier molecular flexibility index (Phi) is 7.17. The lowest BCUT2D eigenvalue weighted by Crippen LogP contribution is -2.55. The number of nitrogens with one attached hydrogen (secondary N) is 2. The van der Waals surface area contributed by atoms with Crippen LogP contribution >= 0.6 is 11.3 Å². The minimum atomic E-state index is -0.376. The first-order valence-corrected chi connectivity index (χ1v) is 12.5. The molecule has 1 aromatic rings. The van der Waals surface area contributed by atoms with Gasteiger partial charge >= 0.3 is 5.97 Å². The maximum absolute atomic E-state index is 12.8. The van der Waals surface area contributed by atoms with Crippen molar-refractivity contribution in [3.05, 3.63) is 16.0 Å². The van der Waals surface area contributed by atoms with Crippen LogP contribution in [0.3, 0.4) is 0 Å². The van der Waals surface area contributed by atoms with E-state index in [2.05, 4.69) is 27.4 Å². The predicted octanol–water partition coefficient (Wildman–Crippen LogP) is 1.88. The first kappa shape index (κ1) is 23.2. The molecule has 0 aromatic carbocycles. The van der Waals surface area contributed by atoms with Crippen molar-refractivity contribution in [2.24, 2.45) is 5.92 Å². The first-order chi connectivity index (χ1) is 15.4. The number of thiophene rings is 1. The van der Waals surface area contributed by atoms with Gasteiger partial charge in [0.25, 0.3) is 0 Å². The summed E-state index contributed by atoms with van der Waals surface area (Å²) in [5.74, 6) is 0.194. The fourth-order valence-corrected chi connectivity index (χ4v) is 5.97. The number of hydrogen-bond donors (Lipinski definition) is 2. The second kappa shape index (κ2) is 9.89. The lowest BCUT2D eigenvalue weighted by atomic mass is 9.88. The molecule has 2 aliphatic carbocycles. The Morgan fingerprint density at radius 3 is 2.53 bits per heavy atom. The summed E-state index contributed by atoms with van der Waals surface area (Å²) >= 11 is 1.51. The number of ether oxygens (including phenoxy) is 1. The molecular weight excluding hydrogens is 428 g/mol. The number of amides is 2. The van der Waals surface area contributed by atoms with Crippen LogP contribution in [0, 0.1) is 5.92 Å². The fourth-order valence-electron chi connectivity index (χ4n) is 4.55. The van der Waals surface area contributed by atoms with Gasteiger partial charge in [-0.05, 0) is 50.5 Å². The van der Waals surface area contributed by atoms with Crippen LogP contribution in [0.2, 0.25) is 0 Å². The standard InChI is InChI=1S/C23H34N4O4S/c1-14-4-7-17-18(12-14)32-22(20(17)23(30)31-3)25-19(28)13-26-8-10-27(11-9-26)15(2)21(29)24-16-5-6-16/h14-16H,4-13H2,1-3H3,(H,24,29)(H,25,28)/t14-,15-/m0/s1. The maximum Gasteiger partial charge on any atom is 0.341 e. The van der Waals surface area contributed by atoms with E-state index in [0.29, 0.717) is 22.5 Å². The molecule has 1 saturated carbocycles. The zero-order valence-electron chi connectivity index (χ0n) is 19.2. The number of anilines is 1. The van der Waals surface area contributed by atoms with Crippen LogP contribution in [0.25, 0.3) is 0 Å². The molecule has 2 heterocycles. The summed E-state index contributed by atoms with van der Waals surface area (Å²) in [6.07, 6.45) is 5.01. The molecule has 1 saturated heterocycles. The molecule has 2 N–H and O–H groups in total. The van der Waals surface area contributed by atoms with Crippen molar-refractivity contribution in [1.29, 1.82) is 0 Å². The number of rotatable bonds is 7. The van der Waals surface area contributed by atoms with Gasteiger partial charge in [0.15, 0.2) is 0 Å². The van der Waals surface area contributed by atoms with Gasteiger partial charge in [0.2, 0.25) is 11.8 Å². The SMILES string of the molecule is COC(=O)c1c(NC(=O)CN2CCN([C@@H](C)C(=O)NC3CC3)CC2)sc2c1CC[C@H](C)C2. The third-order valence-electron chi connectivity index (χ3n) is 6.78. The Balaban J connectivity index is 1.31. The molecule has 3 aliphatic rings. The van der Waals surface area contributed by atoms with Crippen LogP contribution in [0.15, 0.2) is 0 Å². The number of methoxy groups -OCH3 is 1. The Hall–Kier alpha value is -1.97. The number of nitrogens with zero attached hydrogens (tertiary/aromatic N) is 2. The lowest BCUT2D eigenvalue weighted by molar-refractivity contribution is -0.127. The van der Waals surface area contributed by atoms with E-state index in [1.165, 1.54) is 23.3 Å². The van der Waals surface area contributed by atoms with Crippen LogP contribution in [-0.2, 0) is 27.2 Å². The molecular formula is C23H34N4O4S. The zero-order chi connectivity index (χ0) is 22.8. The maximum atomic E-state index is 12.8. The van der Waals surface area contributed by atoms with Crippen molar-refractivity contribution in [3.8, 4) is 0 Å². The van der Waals surface area contributed by atoms with Gasteiger partial charge in [-0.2, -0.15) is 0 Å². The number of esters is 1. The summed E-state index contributed by atoms with van der Waals surface area (Å²) < 4.78 is 5.01. The van der Waals surface area contributed by atoms with Gasteiger partial charge in [-0.25, -0.2) is 4.79 Å². The minimum absolute atomic E-state index is 0.102. The van der Waals surface area contributed by atoms with E-state index in [9.17, 15) is 14.4 Å². The molecule has 0 radical (unpaired) electrons. The van der Waals surface area contributed by atoms with Crippen LogP contribution in [0.5, 0.6) is 0 Å². The molecule has 32 heavy (non-hydrogen) atoms. The molecule has 1 aromatic heterocycles. The van der Waals surface area contributed by atoms with Gasteiger partial charge < -0.3 is 15.4 Å². The smallest absolute Gasteiger partial charge is 0.341 e. The third-order valence-corrected chi connectivity index (χ3v) is 7.95. The second-order valence-electron chi connectivity index (χ2n) is 9.37. The van der Waals surface area contributed by atoms with E-state index in [1.807, 2.05) is 6.92 Å². The Morgan fingerprint density at radius 1 is 1.16 bits per heavy atom. The van der Waals surface area contributed by atoms with E-state index in [-0.39, 0.29) is 30.4 Å². The van der Waals surface area contributed by atoms with Crippen molar-refractivity contribution in [2.45, 2.75) is 58.0 Å². The van der Waals surface area contributed by atoms with Crippen molar-refractivity contribution < 1.29 is 19.1 Å². The Morgan fingerprint density at radius 2 is 1.88 bits per heavy atom. The Bertz CT molecular complexity index is 874. The van der Waals surface area contributed by atoms with Crippen LogP contribution in [-0.4, -0.2) is 79.5 Å². The average Bonchev–Trinajstić information content (AvgIpc) is 3.52. The molecule has 176 valence electrons. The van der Waals surface area contributed by atoms with Crippen LogP contribution in [0.4, 0.5) is 5.00 Å². The quantitative estimate of drug-likeness (QED) is 0.602. The fraction of sp³-hybridized carbons (Fsp3) is 0.696. The monoisotopic (exact) mass is 462 g/mol. The summed E-state index contributed by atoms with van der Waals surface area (Å²) in [7, 11) is 1.38. The topological polar surface area (TPSA) is 91.0 Å². The molecule has 1 aliphatic heterocycles. The van der Waals surface area contributed by atoms with Crippen molar-refractivity contribution >= 4 is 34.1 Å². The normalized spacial score (nSPS) is 22.7. The molecule has 2 fully saturated rings. The highest BCUT2D eigenvalue weighted by molar-refractivity contribution is 7.17. The van der Waals surface area contributed by atoms with Gasteiger partial charge in [0.05, 0.1) is 25.3 Å². The van der Waals surface area contributed by atoms with Gasteiger partial charge in [-0.3, -0.25) is 19.4 Å². The Labute approximate surface area is 193 Å². The average molecular weight is 463 g/mol. The number of carbonyl (C=O) groups excluding carboxylic acids is 3. The van der Waals surface area contributed by atoms with Crippen molar-refractivity contribution in [1.82, 2.24) is 15.1 Å². The predicted molar refractivity (Wildman–Crippen MR) is 124 cm³/mol. The van der Waals surface area contributed by atoms with E-state index in [1.54, 1.807) is 0 Å². The molecule has 2 atom stereocenters. The van der Waals surface area contributed by atoms with E-state index < -0.39 is 0 Å². The molecule has 0 bridgehead atoms. The summed E-state index contributed by atoms with van der Waals surface area (Å²) in [6, 6.07) is 0.227. The molecule has 0 spiro atoms. The molecule has 2 amide bonds.